The molecule has 5 nitrogen and oxygen atoms in total. The number of hydrogen-bond donors (Lipinski definition) is 2. The van der Waals surface area contributed by atoms with Gasteiger partial charge < -0.3 is 16.0 Å². The molecule has 25 heavy (non-hydrogen) atoms. The van der Waals surface area contributed by atoms with Gasteiger partial charge in [0.2, 0.25) is 5.91 Å². The van der Waals surface area contributed by atoms with Crippen molar-refractivity contribution in [3.63, 3.8) is 0 Å². The number of piperidine rings is 1. The molecule has 3 N–H and O–H groups in total. The standard InChI is InChI=1S/C19H29N3O2.ClH/c1-13(20)14-9-11-22(12-10-14)17(23)15-7-5-6-8-16(15)21-18(24)19(2,3)4;/h5-8,13-14H,9-12,20H2,1-4H3,(H,21,24);1H. The van der Waals surface area contributed by atoms with E-state index >= 15 is 0 Å². The van der Waals surface area contributed by atoms with Crippen molar-refractivity contribution in [2.24, 2.45) is 17.1 Å². The predicted molar refractivity (Wildman–Crippen MR) is 104 cm³/mol. The molecule has 1 fully saturated rings. The monoisotopic (exact) mass is 367 g/mol. The van der Waals surface area contributed by atoms with E-state index in [1.165, 1.54) is 0 Å². The summed E-state index contributed by atoms with van der Waals surface area (Å²) < 4.78 is 0. The van der Waals surface area contributed by atoms with Crippen molar-refractivity contribution in [2.75, 3.05) is 18.4 Å². The molecule has 140 valence electrons. The Hall–Kier alpha value is -1.59. The van der Waals surface area contributed by atoms with Crippen LogP contribution >= 0.6 is 12.4 Å². The Morgan fingerprint density at radius 2 is 1.76 bits per heavy atom. The number of likely N-dealkylation sites (tertiary alicyclic amines) is 1. The number of carbonyl (C=O) groups excluding carboxylic acids is 2. The summed E-state index contributed by atoms with van der Waals surface area (Å²) in [6.45, 7) is 9.02. The fourth-order valence-corrected chi connectivity index (χ4v) is 2.89. The molecule has 0 bridgehead atoms. The second kappa shape index (κ2) is 8.68. The molecule has 2 rings (SSSR count). The number of nitrogens with two attached hydrogens (primary N) is 1. The largest absolute Gasteiger partial charge is 0.339 e. The summed E-state index contributed by atoms with van der Waals surface area (Å²) in [6.07, 6.45) is 1.86. The molecular weight excluding hydrogens is 338 g/mol. The molecule has 0 aliphatic carbocycles. The molecule has 0 saturated carbocycles. The van der Waals surface area contributed by atoms with Crippen molar-refractivity contribution in [3.8, 4) is 0 Å². The molecule has 1 atom stereocenters. The van der Waals surface area contributed by atoms with E-state index in [4.69, 9.17) is 5.73 Å². The lowest BCUT2D eigenvalue weighted by molar-refractivity contribution is -0.123. The first-order valence-electron chi connectivity index (χ1n) is 8.65. The first-order valence-corrected chi connectivity index (χ1v) is 8.65. The molecule has 1 aliphatic heterocycles. The van der Waals surface area contributed by atoms with Crippen LogP contribution in [0.2, 0.25) is 0 Å². The quantitative estimate of drug-likeness (QED) is 0.860. The molecule has 6 heteroatoms. The number of halogens is 1. The number of benzene rings is 1. The van der Waals surface area contributed by atoms with Crippen molar-refractivity contribution in [1.82, 2.24) is 4.90 Å². The van der Waals surface area contributed by atoms with Gasteiger partial charge in [0.25, 0.3) is 5.91 Å². The molecule has 0 spiro atoms. The highest BCUT2D eigenvalue weighted by molar-refractivity contribution is 6.04. The van der Waals surface area contributed by atoms with Crippen molar-refractivity contribution < 1.29 is 9.59 Å². The van der Waals surface area contributed by atoms with Gasteiger partial charge in [-0.25, -0.2) is 0 Å². The fraction of sp³-hybridized carbons (Fsp3) is 0.579. The van der Waals surface area contributed by atoms with Gasteiger partial charge in [-0.2, -0.15) is 0 Å². The molecule has 1 saturated heterocycles. The summed E-state index contributed by atoms with van der Waals surface area (Å²) in [7, 11) is 0. The van der Waals surface area contributed by atoms with Crippen LogP contribution in [0.25, 0.3) is 0 Å². The zero-order valence-corrected chi connectivity index (χ0v) is 16.4. The summed E-state index contributed by atoms with van der Waals surface area (Å²) in [5, 5.41) is 2.89. The minimum atomic E-state index is -0.508. The minimum absolute atomic E-state index is 0. The normalized spacial score (nSPS) is 16.8. The van der Waals surface area contributed by atoms with Gasteiger partial charge in [0, 0.05) is 24.5 Å². The summed E-state index contributed by atoms with van der Waals surface area (Å²) in [6, 6.07) is 7.39. The lowest BCUT2D eigenvalue weighted by atomic mass is 9.90. The molecule has 0 aromatic heterocycles. The molecule has 1 unspecified atom stereocenters. The maximum absolute atomic E-state index is 12.9. The number of nitrogens with zero attached hydrogens (tertiary/aromatic N) is 1. The Labute approximate surface area is 156 Å². The van der Waals surface area contributed by atoms with Gasteiger partial charge in [0.1, 0.15) is 0 Å². The highest BCUT2D eigenvalue weighted by atomic mass is 35.5. The Kier molecular flexibility index (Phi) is 7.44. The van der Waals surface area contributed by atoms with Gasteiger partial charge in [-0.3, -0.25) is 9.59 Å². The lowest BCUT2D eigenvalue weighted by Crippen LogP contribution is -2.42. The highest BCUT2D eigenvalue weighted by Gasteiger charge is 2.28. The Morgan fingerprint density at radius 3 is 2.28 bits per heavy atom. The van der Waals surface area contributed by atoms with Crippen LogP contribution in [-0.4, -0.2) is 35.8 Å². The van der Waals surface area contributed by atoms with Gasteiger partial charge in [0.15, 0.2) is 0 Å². The number of nitrogens with one attached hydrogen (secondary N) is 1. The molecule has 2 amide bonds. The van der Waals surface area contributed by atoms with E-state index in [9.17, 15) is 9.59 Å². The average molecular weight is 368 g/mol. The molecular formula is C19H30ClN3O2. The first kappa shape index (κ1) is 21.5. The Bertz CT molecular complexity index is 603. The molecule has 0 radical (unpaired) electrons. The number of hydrogen-bond acceptors (Lipinski definition) is 3. The number of anilines is 1. The number of amides is 2. The zero-order valence-electron chi connectivity index (χ0n) is 15.5. The van der Waals surface area contributed by atoms with Crippen molar-refractivity contribution in [2.45, 2.75) is 46.6 Å². The molecule has 1 aromatic rings. The zero-order chi connectivity index (χ0) is 17.9. The van der Waals surface area contributed by atoms with Gasteiger partial charge in [0.05, 0.1) is 11.3 Å². The maximum atomic E-state index is 12.9. The fourth-order valence-electron chi connectivity index (χ4n) is 2.89. The maximum Gasteiger partial charge on any atom is 0.255 e. The van der Waals surface area contributed by atoms with Crippen LogP contribution in [0.3, 0.4) is 0 Å². The SMILES string of the molecule is CC(N)C1CCN(C(=O)c2ccccc2NC(=O)C(C)(C)C)CC1.Cl. The van der Waals surface area contributed by atoms with E-state index in [0.717, 1.165) is 12.8 Å². The lowest BCUT2D eigenvalue weighted by Gasteiger charge is -2.34. The van der Waals surface area contributed by atoms with Gasteiger partial charge in [-0.1, -0.05) is 32.9 Å². The molecule has 1 heterocycles. The van der Waals surface area contributed by atoms with E-state index in [1.807, 2.05) is 44.7 Å². The first-order chi connectivity index (χ1) is 11.2. The van der Waals surface area contributed by atoms with Gasteiger partial charge in [-0.05, 0) is 37.8 Å². The number of carbonyl (C=O) groups is 2. The Balaban J connectivity index is 0.00000312. The summed E-state index contributed by atoms with van der Waals surface area (Å²) in [5.41, 5.74) is 6.59. The van der Waals surface area contributed by atoms with Crippen LogP contribution in [0.4, 0.5) is 5.69 Å². The topological polar surface area (TPSA) is 75.4 Å². The third-order valence-electron chi connectivity index (χ3n) is 4.66. The van der Waals surface area contributed by atoms with E-state index in [1.54, 1.807) is 12.1 Å². The van der Waals surface area contributed by atoms with Crippen LogP contribution in [0, 0.1) is 11.3 Å². The van der Waals surface area contributed by atoms with Crippen LogP contribution in [-0.2, 0) is 4.79 Å². The number of para-hydroxylation sites is 1. The van der Waals surface area contributed by atoms with Crippen molar-refractivity contribution >= 4 is 29.9 Å². The van der Waals surface area contributed by atoms with Crippen molar-refractivity contribution in [1.29, 1.82) is 0 Å². The molecule has 1 aromatic carbocycles. The van der Waals surface area contributed by atoms with Crippen LogP contribution in [0.15, 0.2) is 24.3 Å². The second-order valence-corrected chi connectivity index (χ2v) is 7.74. The molecule has 1 aliphatic rings. The smallest absolute Gasteiger partial charge is 0.255 e. The third kappa shape index (κ3) is 5.44. The highest BCUT2D eigenvalue weighted by Crippen LogP contribution is 2.25. The van der Waals surface area contributed by atoms with Crippen LogP contribution < -0.4 is 11.1 Å². The van der Waals surface area contributed by atoms with E-state index in [-0.39, 0.29) is 30.3 Å². The number of rotatable bonds is 3. The van der Waals surface area contributed by atoms with Gasteiger partial charge in [-0.15, -0.1) is 12.4 Å². The Morgan fingerprint density at radius 1 is 1.20 bits per heavy atom. The van der Waals surface area contributed by atoms with Gasteiger partial charge >= 0.3 is 0 Å². The summed E-state index contributed by atoms with van der Waals surface area (Å²) in [5.74, 6) is 0.353. The summed E-state index contributed by atoms with van der Waals surface area (Å²) in [4.78, 5) is 27.0. The third-order valence-corrected chi connectivity index (χ3v) is 4.66. The van der Waals surface area contributed by atoms with E-state index < -0.39 is 5.41 Å². The van der Waals surface area contributed by atoms with E-state index in [2.05, 4.69) is 5.32 Å². The van der Waals surface area contributed by atoms with E-state index in [0.29, 0.717) is 30.3 Å². The minimum Gasteiger partial charge on any atom is -0.339 e. The van der Waals surface area contributed by atoms with Crippen LogP contribution in [0.1, 0.15) is 50.9 Å². The second-order valence-electron chi connectivity index (χ2n) is 7.74. The van der Waals surface area contributed by atoms with Crippen molar-refractivity contribution in [3.05, 3.63) is 29.8 Å². The average Bonchev–Trinajstić information content (AvgIpc) is 2.54. The van der Waals surface area contributed by atoms with Crippen LogP contribution in [0.5, 0.6) is 0 Å². The summed E-state index contributed by atoms with van der Waals surface area (Å²) >= 11 is 0. The predicted octanol–water partition coefficient (Wildman–Crippen LogP) is 3.29.